The van der Waals surface area contributed by atoms with Crippen molar-refractivity contribution >= 4 is 23.4 Å². The summed E-state index contributed by atoms with van der Waals surface area (Å²) in [7, 11) is 0. The van der Waals surface area contributed by atoms with E-state index >= 15 is 0 Å². The predicted molar refractivity (Wildman–Crippen MR) is 69.4 cm³/mol. The first-order chi connectivity index (χ1) is 8.49. The Labute approximate surface area is 109 Å². The second-order valence-corrected chi connectivity index (χ2v) is 4.68. The van der Waals surface area contributed by atoms with Gasteiger partial charge in [-0.1, -0.05) is 0 Å². The van der Waals surface area contributed by atoms with E-state index in [1.165, 1.54) is 0 Å². The molecule has 1 amide bonds. The molecule has 18 heavy (non-hydrogen) atoms. The molecule has 2 N–H and O–H groups in total. The number of benzene rings is 1. The fourth-order valence-corrected chi connectivity index (χ4v) is 2.35. The van der Waals surface area contributed by atoms with E-state index in [2.05, 4.69) is 0 Å². The van der Waals surface area contributed by atoms with Gasteiger partial charge in [0.2, 0.25) is 5.91 Å². The minimum atomic E-state index is -0.980. The summed E-state index contributed by atoms with van der Waals surface area (Å²) in [5, 5.41) is 0. The van der Waals surface area contributed by atoms with Gasteiger partial charge in [-0.25, -0.2) is 8.78 Å². The van der Waals surface area contributed by atoms with Crippen LogP contribution in [0.1, 0.15) is 13.8 Å². The lowest BCUT2D eigenvalue weighted by molar-refractivity contribution is -0.127. The van der Waals surface area contributed by atoms with E-state index in [1.807, 2.05) is 13.8 Å². The highest BCUT2D eigenvalue weighted by Crippen LogP contribution is 2.27. The molecule has 3 nitrogen and oxygen atoms in total. The third kappa shape index (κ3) is 3.60. The first-order valence-electron chi connectivity index (χ1n) is 5.64. The van der Waals surface area contributed by atoms with Crippen LogP contribution in [0.15, 0.2) is 17.0 Å². The molecule has 0 radical (unpaired) electrons. The van der Waals surface area contributed by atoms with E-state index in [0.29, 0.717) is 18.0 Å². The second-order valence-electron chi connectivity index (χ2n) is 3.66. The van der Waals surface area contributed by atoms with E-state index in [-0.39, 0.29) is 17.3 Å². The third-order valence-electron chi connectivity index (χ3n) is 2.52. The average molecular weight is 274 g/mol. The molecule has 0 aromatic heterocycles. The minimum Gasteiger partial charge on any atom is -0.398 e. The molecule has 0 saturated carbocycles. The highest BCUT2D eigenvalue weighted by molar-refractivity contribution is 8.00. The summed E-state index contributed by atoms with van der Waals surface area (Å²) >= 11 is 1.11. The predicted octanol–water partition coefficient (Wildman–Crippen LogP) is 2.51. The number of carbonyl (C=O) groups is 1. The molecule has 1 aromatic carbocycles. The van der Waals surface area contributed by atoms with Crippen molar-refractivity contribution < 1.29 is 13.6 Å². The molecule has 100 valence electrons. The number of hydrogen-bond acceptors (Lipinski definition) is 3. The Hall–Kier alpha value is -1.30. The summed E-state index contributed by atoms with van der Waals surface area (Å²) in [6.07, 6.45) is 0. The number of rotatable bonds is 5. The zero-order chi connectivity index (χ0) is 13.7. The number of nitrogens with zero attached hydrogens (tertiary/aromatic N) is 1. The molecule has 6 heteroatoms. The zero-order valence-electron chi connectivity index (χ0n) is 10.4. The zero-order valence-corrected chi connectivity index (χ0v) is 11.2. The van der Waals surface area contributed by atoms with Crippen molar-refractivity contribution in [2.45, 2.75) is 18.7 Å². The van der Waals surface area contributed by atoms with Crippen molar-refractivity contribution in [2.24, 2.45) is 0 Å². The van der Waals surface area contributed by atoms with Crippen molar-refractivity contribution in [3.63, 3.8) is 0 Å². The van der Waals surface area contributed by atoms with Crippen LogP contribution in [0.5, 0.6) is 0 Å². The number of nitrogen functional groups attached to an aromatic ring is 1. The maximum Gasteiger partial charge on any atom is 0.232 e. The molecule has 0 atom stereocenters. The molecule has 1 aromatic rings. The second kappa shape index (κ2) is 6.58. The Balaban J connectivity index is 2.69. The SMILES string of the molecule is CCN(CC)C(=O)CSc1cc(F)c(F)cc1N. The number of anilines is 1. The van der Waals surface area contributed by atoms with Crippen LogP contribution < -0.4 is 5.73 Å². The van der Waals surface area contributed by atoms with Crippen LogP contribution in [0.25, 0.3) is 0 Å². The van der Waals surface area contributed by atoms with E-state index in [0.717, 1.165) is 23.9 Å². The summed E-state index contributed by atoms with van der Waals surface area (Å²) in [6.45, 7) is 5.03. The molecule has 0 bridgehead atoms. The molecular formula is C12H16F2N2OS. The Morgan fingerprint density at radius 3 is 2.39 bits per heavy atom. The molecule has 0 aliphatic rings. The fourth-order valence-electron chi connectivity index (χ4n) is 1.48. The molecular weight excluding hydrogens is 258 g/mol. The van der Waals surface area contributed by atoms with E-state index in [1.54, 1.807) is 4.90 Å². The number of amides is 1. The first-order valence-corrected chi connectivity index (χ1v) is 6.63. The molecule has 0 spiro atoms. The van der Waals surface area contributed by atoms with Gasteiger partial charge in [0, 0.05) is 29.7 Å². The van der Waals surface area contributed by atoms with Gasteiger partial charge in [-0.2, -0.15) is 0 Å². The Morgan fingerprint density at radius 2 is 1.83 bits per heavy atom. The molecule has 0 fully saturated rings. The number of hydrogen-bond donors (Lipinski definition) is 1. The summed E-state index contributed by atoms with van der Waals surface area (Å²) < 4.78 is 25.9. The Bertz CT molecular complexity index is 436. The van der Waals surface area contributed by atoms with Crippen LogP contribution in [-0.4, -0.2) is 29.6 Å². The normalized spacial score (nSPS) is 10.4. The highest BCUT2D eigenvalue weighted by Gasteiger charge is 2.13. The van der Waals surface area contributed by atoms with Gasteiger partial charge in [-0.3, -0.25) is 4.79 Å². The van der Waals surface area contributed by atoms with Gasteiger partial charge < -0.3 is 10.6 Å². The van der Waals surface area contributed by atoms with Crippen LogP contribution >= 0.6 is 11.8 Å². The molecule has 0 heterocycles. The van der Waals surface area contributed by atoms with E-state index in [4.69, 9.17) is 5.73 Å². The van der Waals surface area contributed by atoms with Crippen LogP contribution in [0.3, 0.4) is 0 Å². The molecule has 0 unspecified atom stereocenters. The fraction of sp³-hybridized carbons (Fsp3) is 0.417. The highest BCUT2D eigenvalue weighted by atomic mass is 32.2. The molecule has 0 aliphatic heterocycles. The van der Waals surface area contributed by atoms with Crippen molar-refractivity contribution in [1.82, 2.24) is 4.90 Å². The Morgan fingerprint density at radius 1 is 1.28 bits per heavy atom. The van der Waals surface area contributed by atoms with Gasteiger partial charge in [0.1, 0.15) is 0 Å². The lowest BCUT2D eigenvalue weighted by Gasteiger charge is -2.18. The van der Waals surface area contributed by atoms with Crippen LogP contribution in [-0.2, 0) is 4.79 Å². The van der Waals surface area contributed by atoms with Crippen molar-refractivity contribution in [3.8, 4) is 0 Å². The van der Waals surface area contributed by atoms with Crippen molar-refractivity contribution in [3.05, 3.63) is 23.8 Å². The number of thioether (sulfide) groups is 1. The lowest BCUT2D eigenvalue weighted by Crippen LogP contribution is -2.31. The number of nitrogens with two attached hydrogens (primary N) is 1. The minimum absolute atomic E-state index is 0.0471. The smallest absolute Gasteiger partial charge is 0.232 e. The van der Waals surface area contributed by atoms with Gasteiger partial charge in [-0.05, 0) is 19.9 Å². The van der Waals surface area contributed by atoms with E-state index < -0.39 is 11.6 Å². The van der Waals surface area contributed by atoms with Gasteiger partial charge in [0.25, 0.3) is 0 Å². The van der Waals surface area contributed by atoms with Crippen LogP contribution in [0.4, 0.5) is 14.5 Å². The van der Waals surface area contributed by atoms with Crippen molar-refractivity contribution in [1.29, 1.82) is 0 Å². The van der Waals surface area contributed by atoms with E-state index in [9.17, 15) is 13.6 Å². The standard InChI is InChI=1S/C12H16F2N2OS/c1-3-16(4-2)12(17)7-18-11-6-9(14)8(13)5-10(11)15/h5-6H,3-4,7,15H2,1-2H3. The van der Waals surface area contributed by atoms with Crippen molar-refractivity contribution in [2.75, 3.05) is 24.6 Å². The molecule has 0 aliphatic carbocycles. The summed E-state index contributed by atoms with van der Waals surface area (Å²) in [5.74, 6) is -1.82. The lowest BCUT2D eigenvalue weighted by atomic mass is 10.3. The van der Waals surface area contributed by atoms with Crippen LogP contribution in [0, 0.1) is 11.6 Å². The third-order valence-corrected chi connectivity index (χ3v) is 3.58. The number of carbonyl (C=O) groups excluding carboxylic acids is 1. The largest absolute Gasteiger partial charge is 0.398 e. The summed E-state index contributed by atoms with van der Waals surface area (Å²) in [4.78, 5) is 13.8. The monoisotopic (exact) mass is 274 g/mol. The van der Waals surface area contributed by atoms with Gasteiger partial charge >= 0.3 is 0 Å². The number of halogens is 2. The maximum atomic E-state index is 13.0. The Kier molecular flexibility index (Phi) is 5.40. The van der Waals surface area contributed by atoms with Crippen LogP contribution in [0.2, 0.25) is 0 Å². The summed E-state index contributed by atoms with van der Waals surface area (Å²) in [5.41, 5.74) is 5.71. The van der Waals surface area contributed by atoms with Gasteiger partial charge in [0.15, 0.2) is 11.6 Å². The first kappa shape index (κ1) is 14.8. The topological polar surface area (TPSA) is 46.3 Å². The maximum absolute atomic E-state index is 13.0. The van der Waals surface area contributed by atoms with Gasteiger partial charge in [-0.15, -0.1) is 11.8 Å². The molecule has 1 rings (SSSR count). The molecule has 0 saturated heterocycles. The van der Waals surface area contributed by atoms with Gasteiger partial charge in [0.05, 0.1) is 5.75 Å². The average Bonchev–Trinajstić information content (AvgIpc) is 2.33. The quantitative estimate of drug-likeness (QED) is 0.663. The summed E-state index contributed by atoms with van der Waals surface area (Å²) in [6, 6.07) is 1.95.